The van der Waals surface area contributed by atoms with Crippen molar-refractivity contribution in [2.75, 3.05) is 19.6 Å². The molecule has 2 aliphatic heterocycles. The number of benzene rings is 5. The number of nitrogens with zero attached hydrogens (tertiary/aromatic N) is 2. The molecule has 5 aromatic rings. The monoisotopic (exact) mass is 576 g/mol. The molecule has 5 aromatic carbocycles. The summed E-state index contributed by atoms with van der Waals surface area (Å²) in [4.78, 5) is 14.4. The molecule has 0 aromatic heterocycles. The van der Waals surface area contributed by atoms with Gasteiger partial charge in [0.05, 0.1) is 32.5 Å². The van der Waals surface area contributed by atoms with E-state index in [1.54, 1.807) is 0 Å². The summed E-state index contributed by atoms with van der Waals surface area (Å²) < 4.78 is 2.39. The predicted octanol–water partition coefficient (Wildman–Crippen LogP) is 5.12. The van der Waals surface area contributed by atoms with Crippen molar-refractivity contribution in [3.05, 3.63) is 157 Å². The highest BCUT2D eigenvalue weighted by Gasteiger charge is 2.35. The molecule has 0 atom stereocenters. The van der Waals surface area contributed by atoms with Gasteiger partial charge < -0.3 is 0 Å². The normalized spacial score (nSPS) is 14.4. The smallest absolute Gasteiger partial charge is 0.265 e. The Bertz CT molecular complexity index is 1490. The van der Waals surface area contributed by atoms with Crippen LogP contribution in [0.15, 0.2) is 152 Å². The summed E-state index contributed by atoms with van der Waals surface area (Å²) in [5, 5.41) is 0. The van der Waals surface area contributed by atoms with Crippen molar-refractivity contribution in [3.8, 4) is 0 Å². The molecule has 4 heteroatoms. The Morgan fingerprint density at radius 3 is 1.43 bits per heavy atom. The Labute approximate surface area is 262 Å². The van der Waals surface area contributed by atoms with E-state index in [0.717, 1.165) is 38.9 Å². The number of carbonyl (C=O) groups excluding carboxylic acids is 1. The molecule has 0 fully saturated rings. The first-order valence-corrected chi connectivity index (χ1v) is 16.1. The van der Waals surface area contributed by atoms with Gasteiger partial charge in [-0.2, -0.15) is 21.9 Å². The van der Waals surface area contributed by atoms with Crippen molar-refractivity contribution in [2.24, 2.45) is 0 Å². The summed E-state index contributed by atoms with van der Waals surface area (Å²) in [5.74, 6) is 1.58. The van der Waals surface area contributed by atoms with Gasteiger partial charge in [-0.1, -0.05) is 152 Å². The van der Waals surface area contributed by atoms with Crippen molar-refractivity contribution in [2.45, 2.75) is 32.1 Å². The quantitative estimate of drug-likeness (QED) is 0.195. The molecule has 220 valence electrons. The van der Waals surface area contributed by atoms with Gasteiger partial charge >= 0.3 is 5.91 Å². The molecular weight excluding hydrogens is 535 g/mol. The third-order valence-corrected chi connectivity index (χ3v) is 9.28. The fourth-order valence-corrected chi connectivity index (χ4v) is 7.23. The first-order chi connectivity index (χ1) is 21.8. The molecule has 0 bridgehead atoms. The summed E-state index contributed by atoms with van der Waals surface area (Å²) in [5.41, 5.74) is 6.61. The van der Waals surface area contributed by atoms with E-state index in [2.05, 4.69) is 138 Å². The molecule has 0 radical (unpaired) electrons. The number of aryl methyl sites for hydroxylation is 1. The van der Waals surface area contributed by atoms with Gasteiger partial charge in [-0.05, 0) is 18.4 Å². The minimum Gasteiger partial charge on any atom is -0.265 e. The minimum atomic E-state index is -1.22. The highest BCUT2D eigenvalue weighted by Crippen LogP contribution is 2.16. The van der Waals surface area contributed by atoms with Crippen molar-refractivity contribution in [3.63, 3.8) is 0 Å². The Balaban J connectivity index is 0.000000162. The predicted molar refractivity (Wildman–Crippen MR) is 185 cm³/mol. The van der Waals surface area contributed by atoms with Crippen LogP contribution in [-0.2, 0) is 11.2 Å². The van der Waals surface area contributed by atoms with E-state index in [0.29, 0.717) is 12.3 Å². The van der Waals surface area contributed by atoms with Crippen molar-refractivity contribution >= 4 is 39.7 Å². The second-order valence-electron chi connectivity index (χ2n) is 11.9. The molecule has 44 heavy (non-hydrogen) atoms. The minimum absolute atomic E-state index is 0.297. The molecule has 7 rings (SSSR count). The van der Waals surface area contributed by atoms with E-state index in [4.69, 9.17) is 0 Å². The standard InChI is InChI=1S/C24H20B.C16H21N2O/c1-5-13-21(14-6-1)25(22-15-7-2-8-16-22,23-17-9-3-10-18-23)24-19-11-4-12-20-24;19-16(10-9-14-6-2-1-3-7-14)18-13-5-12-17-11-4-8-15(17)18/h1-20H;1-3,6-7H,4-5,8-13H2/q-1;+1. The van der Waals surface area contributed by atoms with Crippen LogP contribution in [0, 0.1) is 0 Å². The maximum Gasteiger partial charge on any atom is 0.309 e. The molecule has 0 spiro atoms. The zero-order chi connectivity index (χ0) is 30.0. The molecule has 0 N–H and O–H groups in total. The Hall–Kier alpha value is -4.70. The molecule has 2 heterocycles. The van der Waals surface area contributed by atoms with Gasteiger partial charge in [-0.25, -0.2) is 9.69 Å². The molecule has 3 nitrogen and oxygen atoms in total. The highest BCUT2D eigenvalue weighted by molar-refractivity contribution is 7.19. The third kappa shape index (κ3) is 6.31. The van der Waals surface area contributed by atoms with Crippen LogP contribution in [0.5, 0.6) is 0 Å². The molecular formula is C40H41BN2O. The molecule has 0 unspecified atom stereocenters. The summed E-state index contributed by atoms with van der Waals surface area (Å²) in [7, 11) is 0. The summed E-state index contributed by atoms with van der Waals surface area (Å²) in [6.07, 6.45) is 3.66. The number of hydrogen-bond acceptors (Lipinski definition) is 1. The summed E-state index contributed by atoms with van der Waals surface area (Å²) in [6, 6.07) is 53.8. The van der Waals surface area contributed by atoms with Crippen LogP contribution in [0.25, 0.3) is 0 Å². The van der Waals surface area contributed by atoms with Gasteiger partial charge in [0.2, 0.25) is 0 Å². The lowest BCUT2D eigenvalue weighted by molar-refractivity contribution is -0.529. The molecule has 2 aliphatic rings. The van der Waals surface area contributed by atoms with E-state index in [1.165, 1.54) is 39.7 Å². The van der Waals surface area contributed by atoms with Crippen molar-refractivity contribution < 1.29 is 9.37 Å². The maximum atomic E-state index is 12.4. The summed E-state index contributed by atoms with van der Waals surface area (Å²) in [6.45, 7) is 3.19. The fourth-order valence-electron chi connectivity index (χ4n) is 7.23. The second-order valence-corrected chi connectivity index (χ2v) is 11.9. The van der Waals surface area contributed by atoms with Crippen LogP contribution < -0.4 is 21.9 Å². The molecule has 1 amide bonds. The van der Waals surface area contributed by atoms with Gasteiger partial charge in [0, 0.05) is 6.42 Å². The topological polar surface area (TPSA) is 23.3 Å². The lowest BCUT2D eigenvalue weighted by Crippen LogP contribution is -2.74. The van der Waals surface area contributed by atoms with E-state index >= 15 is 0 Å². The van der Waals surface area contributed by atoms with E-state index < -0.39 is 6.15 Å². The Morgan fingerprint density at radius 2 is 0.977 bits per heavy atom. The second kappa shape index (κ2) is 14.2. The van der Waals surface area contributed by atoms with Gasteiger partial charge in [0.1, 0.15) is 6.15 Å². The first kappa shape index (κ1) is 29.4. The number of carbonyl (C=O) groups is 1. The van der Waals surface area contributed by atoms with Gasteiger partial charge in [-0.15, -0.1) is 0 Å². The first-order valence-electron chi connectivity index (χ1n) is 16.1. The largest absolute Gasteiger partial charge is 0.309 e. The fraction of sp³-hybridized carbons (Fsp3) is 0.200. The van der Waals surface area contributed by atoms with E-state index in [9.17, 15) is 4.79 Å². The zero-order valence-electron chi connectivity index (χ0n) is 25.5. The lowest BCUT2D eigenvalue weighted by atomic mass is 9.13. The van der Waals surface area contributed by atoms with E-state index in [1.807, 2.05) is 23.1 Å². The molecule has 0 saturated carbocycles. The van der Waals surface area contributed by atoms with Gasteiger partial charge in [0.25, 0.3) is 5.84 Å². The van der Waals surface area contributed by atoms with Crippen LogP contribution in [0.1, 0.15) is 31.2 Å². The number of hydrogen-bond donors (Lipinski definition) is 0. The van der Waals surface area contributed by atoms with Crippen LogP contribution in [0.4, 0.5) is 0 Å². The average molecular weight is 577 g/mol. The Morgan fingerprint density at radius 1 is 0.568 bits per heavy atom. The van der Waals surface area contributed by atoms with E-state index in [-0.39, 0.29) is 0 Å². The lowest BCUT2D eigenvalue weighted by Gasteiger charge is -2.44. The average Bonchev–Trinajstić information content (AvgIpc) is 3.60. The number of amidine groups is 1. The van der Waals surface area contributed by atoms with Crippen LogP contribution in [-0.4, -0.2) is 47.0 Å². The van der Waals surface area contributed by atoms with Crippen LogP contribution >= 0.6 is 0 Å². The third-order valence-electron chi connectivity index (χ3n) is 9.28. The Kier molecular flexibility index (Phi) is 9.47. The molecule has 0 saturated heterocycles. The van der Waals surface area contributed by atoms with Gasteiger partial charge in [-0.3, -0.25) is 4.58 Å². The summed E-state index contributed by atoms with van der Waals surface area (Å²) >= 11 is 0. The van der Waals surface area contributed by atoms with Crippen LogP contribution in [0.3, 0.4) is 0 Å². The van der Waals surface area contributed by atoms with Crippen molar-refractivity contribution in [1.82, 2.24) is 4.90 Å². The maximum absolute atomic E-state index is 12.4. The number of rotatable bonds is 7. The molecule has 0 aliphatic carbocycles. The zero-order valence-corrected chi connectivity index (χ0v) is 25.5. The SMILES string of the molecule is O=C(CCc1ccccc1)N1CCC[N+]2=C1CCC2.c1ccc([B-](c2ccccc2)(c2ccccc2)c2ccccc2)cc1. The van der Waals surface area contributed by atoms with Crippen molar-refractivity contribution in [1.29, 1.82) is 0 Å². The highest BCUT2D eigenvalue weighted by atomic mass is 16.2. The number of amides is 1. The van der Waals surface area contributed by atoms with Crippen LogP contribution in [0.2, 0.25) is 0 Å². The van der Waals surface area contributed by atoms with Gasteiger partial charge in [0.15, 0.2) is 0 Å².